The van der Waals surface area contributed by atoms with E-state index >= 15 is 0 Å². The van der Waals surface area contributed by atoms with Crippen LogP contribution in [-0.4, -0.2) is 50.1 Å². The maximum atomic E-state index is 11.9. The highest BCUT2D eigenvalue weighted by Crippen LogP contribution is 2.32. The predicted molar refractivity (Wildman–Crippen MR) is 75.1 cm³/mol. The van der Waals surface area contributed by atoms with E-state index in [1.807, 2.05) is 6.92 Å². The van der Waals surface area contributed by atoms with Gasteiger partial charge in [0.15, 0.2) is 0 Å². The number of amides is 2. The van der Waals surface area contributed by atoms with E-state index in [-0.39, 0.29) is 28.8 Å². The fraction of sp³-hybridized carbons (Fsp3) is 0.462. The highest BCUT2D eigenvalue weighted by atomic mass is 32.2. The van der Waals surface area contributed by atoms with Gasteiger partial charge in [-0.1, -0.05) is 18.7 Å². The van der Waals surface area contributed by atoms with Crippen LogP contribution in [-0.2, 0) is 16.0 Å². The lowest BCUT2D eigenvalue weighted by molar-refractivity contribution is -0.136. The first-order valence-electron chi connectivity index (χ1n) is 6.43. The molecule has 1 unspecified atom stereocenters. The molecular formula is C13H15N3O4S. The largest absolute Gasteiger partial charge is 0.478 e. The molecule has 0 spiro atoms. The van der Waals surface area contributed by atoms with Crippen molar-refractivity contribution in [2.75, 3.05) is 7.05 Å². The van der Waals surface area contributed by atoms with E-state index in [0.29, 0.717) is 17.9 Å². The summed E-state index contributed by atoms with van der Waals surface area (Å²) in [7, 11) is 1.42. The molecular weight excluding hydrogens is 294 g/mol. The van der Waals surface area contributed by atoms with Gasteiger partial charge in [0.25, 0.3) is 0 Å². The van der Waals surface area contributed by atoms with Crippen molar-refractivity contribution in [3.8, 4) is 0 Å². The summed E-state index contributed by atoms with van der Waals surface area (Å²) in [6.07, 6.45) is 0.620. The van der Waals surface area contributed by atoms with Gasteiger partial charge >= 0.3 is 5.97 Å². The molecule has 1 saturated heterocycles. The van der Waals surface area contributed by atoms with Crippen LogP contribution in [0.15, 0.2) is 5.03 Å². The van der Waals surface area contributed by atoms with Gasteiger partial charge in [0.1, 0.15) is 16.4 Å². The molecule has 1 atom stereocenters. The summed E-state index contributed by atoms with van der Waals surface area (Å²) in [5, 5.41) is 8.92. The molecule has 7 nitrogen and oxygen atoms in total. The number of imide groups is 1. The Morgan fingerprint density at radius 2 is 2.10 bits per heavy atom. The van der Waals surface area contributed by atoms with Gasteiger partial charge in [0, 0.05) is 19.9 Å². The fourth-order valence-corrected chi connectivity index (χ4v) is 3.31. The van der Waals surface area contributed by atoms with E-state index in [2.05, 4.69) is 9.97 Å². The molecule has 1 aliphatic heterocycles. The minimum absolute atomic E-state index is 0.00741. The molecule has 21 heavy (non-hydrogen) atoms. The van der Waals surface area contributed by atoms with Crippen LogP contribution in [0.5, 0.6) is 0 Å². The fourth-order valence-electron chi connectivity index (χ4n) is 2.04. The third kappa shape index (κ3) is 2.90. The Labute approximate surface area is 125 Å². The topological polar surface area (TPSA) is 100 Å². The number of hydrogen-bond acceptors (Lipinski definition) is 6. The van der Waals surface area contributed by atoms with Crippen molar-refractivity contribution in [3.63, 3.8) is 0 Å². The molecule has 1 fully saturated rings. The van der Waals surface area contributed by atoms with Gasteiger partial charge in [-0.3, -0.25) is 14.5 Å². The standard InChI is InChI=1S/C13H15N3O4S/c1-4-8-14-6(2)10(13(19)20)11(15-8)21-7-5-9(17)16(3)12(7)18/h7H,4-5H2,1-3H3,(H,19,20). The van der Waals surface area contributed by atoms with Gasteiger partial charge < -0.3 is 5.11 Å². The summed E-state index contributed by atoms with van der Waals surface area (Å²) < 4.78 is 0. The number of carboxylic acid groups (broad SMARTS) is 1. The number of carbonyl (C=O) groups excluding carboxylic acids is 2. The highest BCUT2D eigenvalue weighted by molar-refractivity contribution is 8.00. The van der Waals surface area contributed by atoms with Gasteiger partial charge in [-0.05, 0) is 6.92 Å². The van der Waals surface area contributed by atoms with Gasteiger partial charge in [-0.15, -0.1) is 0 Å². The monoisotopic (exact) mass is 309 g/mol. The van der Waals surface area contributed by atoms with Crippen LogP contribution in [0.4, 0.5) is 0 Å². The summed E-state index contributed by atoms with van der Waals surface area (Å²) in [6, 6.07) is 0. The molecule has 2 amide bonds. The molecule has 0 aromatic carbocycles. The zero-order chi connectivity index (χ0) is 15.7. The first kappa shape index (κ1) is 15.4. The first-order valence-corrected chi connectivity index (χ1v) is 7.31. The lowest BCUT2D eigenvalue weighted by Gasteiger charge is -2.12. The Bertz CT molecular complexity index is 632. The van der Waals surface area contributed by atoms with Crippen molar-refractivity contribution in [1.29, 1.82) is 0 Å². The molecule has 0 aliphatic carbocycles. The SMILES string of the molecule is CCc1nc(C)c(C(=O)O)c(SC2CC(=O)N(C)C2=O)n1. The average molecular weight is 309 g/mol. The number of rotatable bonds is 4. The van der Waals surface area contributed by atoms with Crippen LogP contribution < -0.4 is 0 Å². The maximum Gasteiger partial charge on any atom is 0.340 e. The molecule has 2 heterocycles. The second-order valence-corrected chi connectivity index (χ2v) is 5.86. The van der Waals surface area contributed by atoms with Crippen LogP contribution in [0.1, 0.15) is 35.2 Å². The number of aromatic nitrogens is 2. The molecule has 0 radical (unpaired) electrons. The van der Waals surface area contributed by atoms with Crippen molar-refractivity contribution < 1.29 is 19.5 Å². The third-order valence-electron chi connectivity index (χ3n) is 3.23. The molecule has 1 aromatic rings. The quantitative estimate of drug-likeness (QED) is 0.651. The number of aryl methyl sites for hydroxylation is 2. The lowest BCUT2D eigenvalue weighted by atomic mass is 10.2. The van der Waals surface area contributed by atoms with E-state index in [9.17, 15) is 19.5 Å². The van der Waals surface area contributed by atoms with Crippen LogP contribution in [0.25, 0.3) is 0 Å². The Balaban J connectivity index is 2.39. The zero-order valence-corrected chi connectivity index (χ0v) is 12.7. The van der Waals surface area contributed by atoms with Crippen LogP contribution in [0.3, 0.4) is 0 Å². The summed E-state index contributed by atoms with van der Waals surface area (Å²) in [4.78, 5) is 44.2. The minimum atomic E-state index is -1.14. The molecule has 112 valence electrons. The molecule has 1 N–H and O–H groups in total. The average Bonchev–Trinajstić information content (AvgIpc) is 2.65. The van der Waals surface area contributed by atoms with Crippen molar-refractivity contribution in [3.05, 3.63) is 17.1 Å². The number of carboxylic acids is 1. The van der Waals surface area contributed by atoms with Gasteiger partial charge in [-0.2, -0.15) is 0 Å². The van der Waals surface area contributed by atoms with Crippen LogP contribution in [0.2, 0.25) is 0 Å². The summed E-state index contributed by atoms with van der Waals surface area (Å²) >= 11 is 1.02. The molecule has 2 rings (SSSR count). The first-order chi connectivity index (χ1) is 9.85. The number of hydrogen-bond donors (Lipinski definition) is 1. The summed E-state index contributed by atoms with van der Waals surface area (Å²) in [5.74, 6) is -1.21. The molecule has 8 heteroatoms. The van der Waals surface area contributed by atoms with Gasteiger partial charge in [-0.25, -0.2) is 14.8 Å². The minimum Gasteiger partial charge on any atom is -0.478 e. The van der Waals surface area contributed by atoms with E-state index in [1.54, 1.807) is 6.92 Å². The number of thioether (sulfide) groups is 1. The normalized spacial score (nSPS) is 18.4. The van der Waals surface area contributed by atoms with Gasteiger partial charge in [0.2, 0.25) is 11.8 Å². The number of nitrogens with zero attached hydrogens (tertiary/aromatic N) is 3. The van der Waals surface area contributed by atoms with E-state index < -0.39 is 11.2 Å². The zero-order valence-electron chi connectivity index (χ0n) is 11.9. The second-order valence-electron chi connectivity index (χ2n) is 4.67. The van der Waals surface area contributed by atoms with Crippen molar-refractivity contribution in [2.45, 2.75) is 37.0 Å². The van der Waals surface area contributed by atoms with Gasteiger partial charge in [0.05, 0.1) is 10.9 Å². The van der Waals surface area contributed by atoms with Crippen molar-refractivity contribution >= 4 is 29.5 Å². The summed E-state index contributed by atoms with van der Waals surface area (Å²) in [6.45, 7) is 3.46. The summed E-state index contributed by atoms with van der Waals surface area (Å²) in [5.41, 5.74) is 0.356. The predicted octanol–water partition coefficient (Wildman–Crippen LogP) is 0.895. The Morgan fingerprint density at radius 1 is 1.43 bits per heavy atom. The van der Waals surface area contributed by atoms with Crippen LogP contribution in [0, 0.1) is 6.92 Å². The molecule has 0 saturated carbocycles. The Hall–Kier alpha value is -1.96. The van der Waals surface area contributed by atoms with E-state index in [0.717, 1.165) is 16.7 Å². The maximum absolute atomic E-state index is 11.9. The molecule has 1 aromatic heterocycles. The van der Waals surface area contributed by atoms with Crippen LogP contribution >= 0.6 is 11.8 Å². The number of aromatic carboxylic acids is 1. The van der Waals surface area contributed by atoms with E-state index in [4.69, 9.17) is 0 Å². The van der Waals surface area contributed by atoms with Crippen molar-refractivity contribution in [2.24, 2.45) is 0 Å². The van der Waals surface area contributed by atoms with Crippen molar-refractivity contribution in [1.82, 2.24) is 14.9 Å². The highest BCUT2D eigenvalue weighted by Gasteiger charge is 2.38. The number of carbonyl (C=O) groups is 3. The Morgan fingerprint density at radius 3 is 2.57 bits per heavy atom. The number of likely N-dealkylation sites (tertiary alicyclic amines) is 1. The molecule has 1 aliphatic rings. The second kappa shape index (κ2) is 5.80. The Kier molecular flexibility index (Phi) is 4.26. The smallest absolute Gasteiger partial charge is 0.340 e. The third-order valence-corrected chi connectivity index (χ3v) is 4.40. The lowest BCUT2D eigenvalue weighted by Crippen LogP contribution is -2.26. The molecule has 0 bridgehead atoms. The van der Waals surface area contributed by atoms with E-state index in [1.165, 1.54) is 7.05 Å².